The van der Waals surface area contributed by atoms with E-state index in [1.165, 1.54) is 0 Å². The van der Waals surface area contributed by atoms with Crippen LogP contribution in [0, 0.1) is 6.92 Å². The summed E-state index contributed by atoms with van der Waals surface area (Å²) >= 11 is 3.33. The van der Waals surface area contributed by atoms with E-state index in [0.717, 1.165) is 23.0 Å². The maximum Gasteiger partial charge on any atom is 0.233 e. The van der Waals surface area contributed by atoms with Gasteiger partial charge in [-0.3, -0.25) is 0 Å². The number of sulfone groups is 1. The van der Waals surface area contributed by atoms with Crippen LogP contribution in [0.4, 0.5) is 5.88 Å². The molecule has 0 radical (unpaired) electrons. The van der Waals surface area contributed by atoms with E-state index in [-0.39, 0.29) is 21.7 Å². The van der Waals surface area contributed by atoms with E-state index in [4.69, 9.17) is 4.42 Å². The average molecular weight is 501 g/mol. The summed E-state index contributed by atoms with van der Waals surface area (Å²) in [6, 6.07) is 14.0. The highest BCUT2D eigenvalue weighted by atomic mass is 79.9. The summed E-state index contributed by atoms with van der Waals surface area (Å²) in [5.74, 6) is 0.400. The van der Waals surface area contributed by atoms with Gasteiger partial charge in [-0.05, 0) is 49.7 Å². The third kappa shape index (κ3) is 4.88. The number of benzene rings is 2. The first kappa shape index (κ1) is 21.3. The molecule has 0 bridgehead atoms. The maximum atomic E-state index is 13.3. The molecule has 0 fully saturated rings. The molecule has 7 nitrogen and oxygen atoms in total. The highest BCUT2D eigenvalue weighted by Gasteiger charge is 2.28. The van der Waals surface area contributed by atoms with Crippen molar-refractivity contribution in [1.82, 2.24) is 14.5 Å². The molecular formula is C22H21BrN4O3S. The molecule has 0 saturated carbocycles. The van der Waals surface area contributed by atoms with Gasteiger partial charge in [-0.15, -0.1) is 0 Å². The Kier molecular flexibility index (Phi) is 6.24. The quantitative estimate of drug-likeness (QED) is 0.344. The summed E-state index contributed by atoms with van der Waals surface area (Å²) in [7, 11) is -3.87. The number of nitrogens with zero attached hydrogens (tertiary/aromatic N) is 3. The van der Waals surface area contributed by atoms with Gasteiger partial charge in [-0.1, -0.05) is 33.6 Å². The van der Waals surface area contributed by atoms with Crippen molar-refractivity contribution in [3.63, 3.8) is 0 Å². The highest BCUT2D eigenvalue weighted by molar-refractivity contribution is 9.10. The van der Waals surface area contributed by atoms with Crippen molar-refractivity contribution < 1.29 is 12.8 Å². The Morgan fingerprint density at radius 1 is 1.10 bits per heavy atom. The molecule has 1 N–H and O–H groups in total. The molecule has 0 spiro atoms. The molecule has 4 rings (SSSR count). The topological polar surface area (TPSA) is 90.0 Å². The molecule has 0 aliphatic heterocycles. The molecule has 160 valence electrons. The third-order valence-corrected chi connectivity index (χ3v) is 6.92. The van der Waals surface area contributed by atoms with Gasteiger partial charge in [0, 0.05) is 35.5 Å². The van der Waals surface area contributed by atoms with Crippen molar-refractivity contribution in [2.45, 2.75) is 29.8 Å². The van der Waals surface area contributed by atoms with Gasteiger partial charge in [0.2, 0.25) is 26.6 Å². The van der Waals surface area contributed by atoms with Crippen LogP contribution in [0.5, 0.6) is 0 Å². The summed E-state index contributed by atoms with van der Waals surface area (Å²) < 4.78 is 35.2. The van der Waals surface area contributed by atoms with Crippen molar-refractivity contribution in [3.8, 4) is 11.5 Å². The van der Waals surface area contributed by atoms with Gasteiger partial charge in [0.05, 0.1) is 11.2 Å². The number of halogens is 1. The fraction of sp³-hybridized carbons (Fsp3) is 0.182. The second kappa shape index (κ2) is 9.07. The number of nitrogens with one attached hydrogen (secondary N) is 1. The minimum Gasteiger partial charge on any atom is -0.419 e. The van der Waals surface area contributed by atoms with Crippen LogP contribution >= 0.6 is 15.9 Å². The second-order valence-corrected chi connectivity index (χ2v) is 9.84. The zero-order chi connectivity index (χ0) is 21.8. The Bertz CT molecular complexity index is 1250. The average Bonchev–Trinajstić information content (AvgIpc) is 3.42. The van der Waals surface area contributed by atoms with E-state index in [1.54, 1.807) is 36.8 Å². The van der Waals surface area contributed by atoms with Gasteiger partial charge in [-0.25, -0.2) is 13.4 Å². The first-order valence-electron chi connectivity index (χ1n) is 9.71. The number of oxazole rings is 1. The summed E-state index contributed by atoms with van der Waals surface area (Å²) in [6.45, 7) is 3.25. The minimum atomic E-state index is -3.87. The number of anilines is 1. The van der Waals surface area contributed by atoms with Crippen molar-refractivity contribution in [2.24, 2.45) is 0 Å². The monoisotopic (exact) mass is 500 g/mol. The van der Waals surface area contributed by atoms with E-state index in [9.17, 15) is 8.42 Å². The summed E-state index contributed by atoms with van der Waals surface area (Å²) in [4.78, 5) is 8.54. The van der Waals surface area contributed by atoms with Crippen molar-refractivity contribution in [1.29, 1.82) is 0 Å². The molecule has 0 unspecified atom stereocenters. The first-order valence-corrected chi connectivity index (χ1v) is 12.0. The Balaban J connectivity index is 1.64. The van der Waals surface area contributed by atoms with Crippen LogP contribution in [-0.4, -0.2) is 29.5 Å². The molecule has 0 saturated heterocycles. The number of hydrogen-bond donors (Lipinski definition) is 1. The highest BCUT2D eigenvalue weighted by Crippen LogP contribution is 2.32. The minimum absolute atomic E-state index is 0.118. The van der Waals surface area contributed by atoms with Crippen LogP contribution in [-0.2, 0) is 16.4 Å². The molecule has 0 amide bonds. The Hall–Kier alpha value is -2.91. The van der Waals surface area contributed by atoms with Crippen molar-refractivity contribution in [3.05, 3.63) is 77.3 Å². The van der Waals surface area contributed by atoms with Gasteiger partial charge < -0.3 is 14.3 Å². The third-order valence-electron chi connectivity index (χ3n) is 4.71. The number of aromatic nitrogens is 3. The molecule has 0 atom stereocenters. The maximum absolute atomic E-state index is 13.3. The van der Waals surface area contributed by atoms with Crippen LogP contribution in [0.1, 0.15) is 12.0 Å². The van der Waals surface area contributed by atoms with Crippen LogP contribution in [0.15, 0.2) is 86.1 Å². The fourth-order valence-corrected chi connectivity index (χ4v) is 4.57. The standard InChI is InChI=1S/C22H21BrN4O3S/c1-16-3-5-17(6-4-16)20-26-22(31(28,29)19-9-7-18(23)8-10-19)21(30-20)25-11-2-13-27-14-12-24-15-27/h3-10,12,14-15,25H,2,11,13H2,1H3. The molecule has 2 heterocycles. The molecule has 4 aromatic rings. The van der Waals surface area contributed by atoms with Gasteiger partial charge in [0.15, 0.2) is 0 Å². The number of imidazole rings is 1. The zero-order valence-electron chi connectivity index (χ0n) is 16.8. The lowest BCUT2D eigenvalue weighted by molar-refractivity contribution is 0.571. The fourth-order valence-electron chi connectivity index (χ4n) is 3.03. The van der Waals surface area contributed by atoms with Crippen molar-refractivity contribution in [2.75, 3.05) is 11.9 Å². The molecule has 2 aromatic carbocycles. The van der Waals surface area contributed by atoms with Crippen molar-refractivity contribution >= 4 is 31.7 Å². The number of hydrogen-bond acceptors (Lipinski definition) is 6. The number of aryl methyl sites for hydroxylation is 2. The van der Waals surface area contributed by atoms with E-state index in [0.29, 0.717) is 12.1 Å². The zero-order valence-corrected chi connectivity index (χ0v) is 19.2. The number of rotatable bonds is 8. The smallest absolute Gasteiger partial charge is 0.233 e. The summed E-state index contributed by atoms with van der Waals surface area (Å²) in [5, 5.41) is 3.00. The molecule has 31 heavy (non-hydrogen) atoms. The van der Waals surface area contributed by atoms with Gasteiger partial charge >= 0.3 is 0 Å². The summed E-state index contributed by atoms with van der Waals surface area (Å²) in [6.07, 6.45) is 6.11. The normalized spacial score (nSPS) is 11.5. The van der Waals surface area contributed by atoms with Crippen LogP contribution < -0.4 is 5.32 Å². The van der Waals surface area contributed by atoms with Gasteiger partial charge in [0.1, 0.15) is 0 Å². The molecule has 0 aliphatic carbocycles. The lowest BCUT2D eigenvalue weighted by Gasteiger charge is -2.07. The van der Waals surface area contributed by atoms with Gasteiger partial charge in [-0.2, -0.15) is 4.98 Å². The Morgan fingerprint density at radius 3 is 2.52 bits per heavy atom. The predicted octanol–water partition coefficient (Wildman–Crippen LogP) is 4.94. The molecular weight excluding hydrogens is 480 g/mol. The van der Waals surface area contributed by atoms with Gasteiger partial charge in [0.25, 0.3) is 0 Å². The van der Waals surface area contributed by atoms with Crippen LogP contribution in [0.3, 0.4) is 0 Å². The first-order chi connectivity index (χ1) is 14.9. The van der Waals surface area contributed by atoms with E-state index < -0.39 is 9.84 Å². The largest absolute Gasteiger partial charge is 0.419 e. The van der Waals surface area contributed by atoms with Crippen LogP contribution in [0.25, 0.3) is 11.5 Å². The molecule has 0 aliphatic rings. The molecule has 2 aromatic heterocycles. The Labute approximate surface area is 189 Å². The van der Waals surface area contributed by atoms with E-state index in [2.05, 4.69) is 31.2 Å². The second-order valence-electron chi connectivity index (χ2n) is 7.06. The lowest BCUT2D eigenvalue weighted by Crippen LogP contribution is -2.10. The van der Waals surface area contributed by atoms with Crippen LogP contribution in [0.2, 0.25) is 0 Å². The predicted molar refractivity (Wildman–Crippen MR) is 122 cm³/mol. The van der Waals surface area contributed by atoms with E-state index >= 15 is 0 Å². The SMILES string of the molecule is Cc1ccc(-c2nc(S(=O)(=O)c3ccc(Br)cc3)c(NCCCn3ccnc3)o2)cc1. The lowest BCUT2D eigenvalue weighted by atomic mass is 10.1. The molecule has 9 heteroatoms. The Morgan fingerprint density at radius 2 is 1.84 bits per heavy atom. The van der Waals surface area contributed by atoms with E-state index in [1.807, 2.05) is 42.0 Å². The summed E-state index contributed by atoms with van der Waals surface area (Å²) in [5.41, 5.74) is 1.81.